The molecular weight excluding hydrogens is 340 g/mol. The van der Waals surface area contributed by atoms with Gasteiger partial charge in [-0.2, -0.15) is 5.10 Å². The van der Waals surface area contributed by atoms with Gasteiger partial charge in [-0.1, -0.05) is 66.7 Å². The van der Waals surface area contributed by atoms with E-state index in [0.717, 1.165) is 25.9 Å². The predicted molar refractivity (Wildman–Crippen MR) is 107 cm³/mol. The Morgan fingerprint density at radius 1 is 0.808 bits per heavy atom. The summed E-state index contributed by atoms with van der Waals surface area (Å²) in [5.41, 5.74) is 4.40. The summed E-state index contributed by atoms with van der Waals surface area (Å²) >= 11 is 1.71. The SMILES string of the molecule is O=C(N/N=c1\cc(-c2ccccc2)sc2ccccc12)c1ccccc1. The lowest BCUT2D eigenvalue weighted by Crippen LogP contribution is -2.21. The largest absolute Gasteiger partial charge is 0.271 e. The Kier molecular flexibility index (Phi) is 4.58. The maximum atomic E-state index is 12.3. The van der Waals surface area contributed by atoms with E-state index in [1.165, 1.54) is 0 Å². The molecule has 4 aromatic rings. The van der Waals surface area contributed by atoms with E-state index in [4.69, 9.17) is 0 Å². The normalized spacial score (nSPS) is 11.5. The van der Waals surface area contributed by atoms with Crippen LogP contribution in [0.3, 0.4) is 0 Å². The first-order chi connectivity index (χ1) is 12.8. The lowest BCUT2D eigenvalue weighted by molar-refractivity contribution is 0.0953. The zero-order valence-electron chi connectivity index (χ0n) is 13.9. The highest BCUT2D eigenvalue weighted by Gasteiger charge is 2.05. The smallest absolute Gasteiger partial charge is 0.267 e. The first-order valence-corrected chi connectivity index (χ1v) is 9.10. The number of nitrogens with one attached hydrogen (secondary N) is 1. The molecule has 26 heavy (non-hydrogen) atoms. The van der Waals surface area contributed by atoms with E-state index >= 15 is 0 Å². The maximum Gasteiger partial charge on any atom is 0.271 e. The molecule has 0 fully saturated rings. The lowest BCUT2D eigenvalue weighted by Gasteiger charge is -2.05. The highest BCUT2D eigenvalue weighted by atomic mass is 32.1. The third kappa shape index (κ3) is 3.41. The first kappa shape index (κ1) is 16.2. The number of amides is 1. The zero-order valence-corrected chi connectivity index (χ0v) is 14.7. The molecule has 4 heteroatoms. The number of carbonyl (C=O) groups is 1. The molecule has 0 saturated heterocycles. The van der Waals surface area contributed by atoms with Crippen LogP contribution >= 0.6 is 11.3 Å². The summed E-state index contributed by atoms with van der Waals surface area (Å²) in [6.45, 7) is 0. The molecule has 0 radical (unpaired) electrons. The number of rotatable bonds is 3. The maximum absolute atomic E-state index is 12.3. The monoisotopic (exact) mass is 356 g/mol. The molecule has 1 aromatic heterocycles. The quantitative estimate of drug-likeness (QED) is 0.526. The average Bonchev–Trinajstić information content (AvgIpc) is 2.73. The Morgan fingerprint density at radius 3 is 2.23 bits per heavy atom. The second-order valence-electron chi connectivity index (χ2n) is 5.78. The molecule has 1 N–H and O–H groups in total. The lowest BCUT2D eigenvalue weighted by atomic mass is 10.1. The third-order valence-electron chi connectivity index (χ3n) is 4.02. The number of benzene rings is 3. The Labute approximate surface area is 155 Å². The first-order valence-electron chi connectivity index (χ1n) is 8.29. The minimum atomic E-state index is -0.219. The summed E-state index contributed by atoms with van der Waals surface area (Å²) in [6, 6.07) is 29.4. The van der Waals surface area contributed by atoms with Crippen LogP contribution in [0.2, 0.25) is 0 Å². The van der Waals surface area contributed by atoms with Crippen LogP contribution < -0.4 is 10.8 Å². The minimum absolute atomic E-state index is 0.219. The molecule has 3 aromatic carbocycles. The van der Waals surface area contributed by atoms with Crippen LogP contribution in [0.25, 0.3) is 20.5 Å². The molecule has 0 aliphatic carbocycles. The Bertz CT molecular complexity index is 1120. The number of fused-ring (bicyclic) bond motifs is 1. The van der Waals surface area contributed by atoms with Crippen molar-refractivity contribution in [2.24, 2.45) is 5.10 Å². The standard InChI is InChI=1S/C22H16N2OS/c25-22(17-11-5-2-6-12-17)24-23-19-15-21(16-9-3-1-4-10-16)26-20-14-8-7-13-18(19)20/h1-15H,(H,24,25)/b23-19+. The average molecular weight is 356 g/mol. The van der Waals surface area contributed by atoms with Crippen molar-refractivity contribution >= 4 is 27.3 Å². The van der Waals surface area contributed by atoms with Crippen molar-refractivity contribution in [3.05, 3.63) is 102 Å². The van der Waals surface area contributed by atoms with Gasteiger partial charge in [0, 0.05) is 20.5 Å². The van der Waals surface area contributed by atoms with E-state index in [2.05, 4.69) is 28.7 Å². The molecule has 0 saturated carbocycles. The number of hydrogen-bond donors (Lipinski definition) is 1. The fraction of sp³-hybridized carbons (Fsp3) is 0. The molecule has 1 amide bonds. The summed E-state index contributed by atoms with van der Waals surface area (Å²) in [5.74, 6) is -0.219. The van der Waals surface area contributed by atoms with Crippen LogP contribution in [-0.4, -0.2) is 5.91 Å². The second kappa shape index (κ2) is 7.33. The molecule has 0 spiro atoms. The number of hydrogen-bond acceptors (Lipinski definition) is 3. The summed E-state index contributed by atoms with van der Waals surface area (Å²) in [7, 11) is 0. The summed E-state index contributed by atoms with van der Waals surface area (Å²) in [6.07, 6.45) is 0. The van der Waals surface area contributed by atoms with Gasteiger partial charge in [0.15, 0.2) is 0 Å². The van der Waals surface area contributed by atoms with E-state index in [-0.39, 0.29) is 5.91 Å². The van der Waals surface area contributed by atoms with Crippen molar-refractivity contribution in [3.8, 4) is 10.4 Å². The minimum Gasteiger partial charge on any atom is -0.267 e. The molecule has 0 unspecified atom stereocenters. The molecule has 4 rings (SSSR count). The van der Waals surface area contributed by atoms with Gasteiger partial charge in [-0.3, -0.25) is 4.79 Å². The highest BCUT2D eigenvalue weighted by Crippen LogP contribution is 2.27. The zero-order chi connectivity index (χ0) is 17.8. The molecular formula is C22H16N2OS. The van der Waals surface area contributed by atoms with Crippen LogP contribution in [0.1, 0.15) is 10.4 Å². The van der Waals surface area contributed by atoms with Crippen molar-refractivity contribution in [1.29, 1.82) is 0 Å². The van der Waals surface area contributed by atoms with Gasteiger partial charge < -0.3 is 0 Å². The molecule has 0 aliphatic heterocycles. The van der Waals surface area contributed by atoms with Crippen molar-refractivity contribution in [1.82, 2.24) is 5.43 Å². The van der Waals surface area contributed by atoms with Crippen LogP contribution in [0, 0.1) is 0 Å². The highest BCUT2D eigenvalue weighted by molar-refractivity contribution is 7.21. The van der Waals surface area contributed by atoms with E-state index in [1.54, 1.807) is 23.5 Å². The predicted octanol–water partition coefficient (Wildman–Crippen LogP) is 4.81. The van der Waals surface area contributed by atoms with E-state index in [1.807, 2.05) is 60.7 Å². The number of nitrogens with zero attached hydrogens (tertiary/aromatic N) is 1. The molecule has 0 atom stereocenters. The van der Waals surface area contributed by atoms with Crippen molar-refractivity contribution < 1.29 is 4.79 Å². The van der Waals surface area contributed by atoms with Gasteiger partial charge in [0.2, 0.25) is 0 Å². The number of carbonyl (C=O) groups excluding carboxylic acids is 1. The van der Waals surface area contributed by atoms with Crippen molar-refractivity contribution in [2.45, 2.75) is 0 Å². The second-order valence-corrected chi connectivity index (χ2v) is 6.86. The molecule has 1 heterocycles. The summed E-state index contributed by atoms with van der Waals surface area (Å²) < 4.78 is 1.13. The van der Waals surface area contributed by atoms with Crippen molar-refractivity contribution in [3.63, 3.8) is 0 Å². The topological polar surface area (TPSA) is 41.5 Å². The van der Waals surface area contributed by atoms with Gasteiger partial charge in [-0.15, -0.1) is 11.3 Å². The van der Waals surface area contributed by atoms with E-state index in [0.29, 0.717) is 5.56 Å². The fourth-order valence-corrected chi connectivity index (χ4v) is 3.81. The van der Waals surface area contributed by atoms with Gasteiger partial charge in [0.25, 0.3) is 5.91 Å². The van der Waals surface area contributed by atoms with Crippen LogP contribution in [0.4, 0.5) is 0 Å². The van der Waals surface area contributed by atoms with Gasteiger partial charge in [-0.05, 0) is 29.8 Å². The van der Waals surface area contributed by atoms with E-state index < -0.39 is 0 Å². The van der Waals surface area contributed by atoms with Gasteiger partial charge in [0.05, 0.1) is 5.36 Å². The van der Waals surface area contributed by atoms with Gasteiger partial charge >= 0.3 is 0 Å². The molecule has 3 nitrogen and oxygen atoms in total. The van der Waals surface area contributed by atoms with Crippen LogP contribution in [0.5, 0.6) is 0 Å². The van der Waals surface area contributed by atoms with Crippen LogP contribution in [0.15, 0.2) is 96.1 Å². The molecule has 0 aliphatic rings. The van der Waals surface area contributed by atoms with Gasteiger partial charge in [0.1, 0.15) is 0 Å². The Hall–Kier alpha value is -3.24. The van der Waals surface area contributed by atoms with Crippen LogP contribution in [-0.2, 0) is 0 Å². The Morgan fingerprint density at radius 2 is 1.46 bits per heavy atom. The molecule has 126 valence electrons. The fourth-order valence-electron chi connectivity index (χ4n) is 2.72. The third-order valence-corrected chi connectivity index (χ3v) is 5.17. The summed E-state index contributed by atoms with van der Waals surface area (Å²) in [5, 5.41) is 6.18. The van der Waals surface area contributed by atoms with Crippen molar-refractivity contribution in [2.75, 3.05) is 0 Å². The molecule has 0 bridgehead atoms. The Balaban J connectivity index is 1.79. The van der Waals surface area contributed by atoms with E-state index in [9.17, 15) is 4.79 Å². The summed E-state index contributed by atoms with van der Waals surface area (Å²) in [4.78, 5) is 13.4. The van der Waals surface area contributed by atoms with Gasteiger partial charge in [-0.25, -0.2) is 5.43 Å².